The summed E-state index contributed by atoms with van der Waals surface area (Å²) in [7, 11) is 0. The third-order valence-electron chi connectivity index (χ3n) is 4.86. The molecule has 0 aliphatic rings. The monoisotopic (exact) mass is 438 g/mol. The fourth-order valence-corrected chi connectivity index (χ4v) is 4.71. The van der Waals surface area contributed by atoms with Crippen LogP contribution in [0.2, 0.25) is 0 Å². The van der Waals surface area contributed by atoms with E-state index in [-0.39, 0.29) is 12.3 Å². The first-order valence-electron chi connectivity index (χ1n) is 9.49. The molecule has 1 amide bonds. The lowest BCUT2D eigenvalue weighted by atomic mass is 10.2. The third-order valence-corrected chi connectivity index (χ3v) is 6.48. The van der Waals surface area contributed by atoms with Crippen LogP contribution < -0.4 is 5.32 Å². The SMILES string of the molecule is C=CCn1c(C)cc(-c2csc(NC(=O)Cc3nc(-c4cccs4)oc3C)n2)c1C. The van der Waals surface area contributed by atoms with Crippen molar-refractivity contribution >= 4 is 33.7 Å². The normalized spacial score (nSPS) is 11.0. The number of thiazole rings is 1. The number of aryl methyl sites for hydroxylation is 2. The van der Waals surface area contributed by atoms with Crippen LogP contribution in [-0.2, 0) is 17.8 Å². The summed E-state index contributed by atoms with van der Waals surface area (Å²) in [4.78, 5) is 22.6. The minimum Gasteiger partial charge on any atom is -0.440 e. The Morgan fingerprint density at radius 3 is 2.87 bits per heavy atom. The predicted octanol–water partition coefficient (Wildman–Crippen LogP) is 5.62. The van der Waals surface area contributed by atoms with Gasteiger partial charge in [-0.15, -0.1) is 29.3 Å². The molecule has 4 aromatic heterocycles. The predicted molar refractivity (Wildman–Crippen MR) is 122 cm³/mol. The molecule has 154 valence electrons. The lowest BCUT2D eigenvalue weighted by molar-refractivity contribution is -0.115. The Kier molecular flexibility index (Phi) is 5.69. The van der Waals surface area contributed by atoms with Crippen molar-refractivity contribution in [1.29, 1.82) is 0 Å². The van der Waals surface area contributed by atoms with Crippen molar-refractivity contribution in [2.45, 2.75) is 33.7 Å². The van der Waals surface area contributed by atoms with Gasteiger partial charge in [0.2, 0.25) is 11.8 Å². The molecule has 0 spiro atoms. The maximum atomic E-state index is 12.5. The molecule has 1 N–H and O–H groups in total. The highest BCUT2D eigenvalue weighted by atomic mass is 32.1. The number of hydrogen-bond donors (Lipinski definition) is 1. The number of nitrogens with zero attached hydrogens (tertiary/aromatic N) is 3. The Morgan fingerprint density at radius 2 is 2.13 bits per heavy atom. The largest absolute Gasteiger partial charge is 0.440 e. The average molecular weight is 439 g/mol. The Morgan fingerprint density at radius 1 is 1.30 bits per heavy atom. The summed E-state index contributed by atoms with van der Waals surface area (Å²) in [6.45, 7) is 10.5. The van der Waals surface area contributed by atoms with Gasteiger partial charge < -0.3 is 14.3 Å². The molecule has 0 aromatic carbocycles. The van der Waals surface area contributed by atoms with E-state index in [1.807, 2.05) is 35.9 Å². The number of oxazole rings is 1. The Labute approximate surface area is 182 Å². The molecule has 4 rings (SSSR count). The van der Waals surface area contributed by atoms with Crippen LogP contribution in [0.5, 0.6) is 0 Å². The van der Waals surface area contributed by atoms with Crippen LogP contribution in [0.1, 0.15) is 22.8 Å². The second-order valence-electron chi connectivity index (χ2n) is 6.95. The topological polar surface area (TPSA) is 73.0 Å². The highest BCUT2D eigenvalue weighted by Gasteiger charge is 2.17. The van der Waals surface area contributed by atoms with Gasteiger partial charge in [-0.05, 0) is 38.3 Å². The summed E-state index contributed by atoms with van der Waals surface area (Å²) in [5.41, 5.74) is 4.86. The van der Waals surface area contributed by atoms with Crippen LogP contribution in [0.4, 0.5) is 5.13 Å². The maximum Gasteiger partial charge on any atom is 0.236 e. The summed E-state index contributed by atoms with van der Waals surface area (Å²) < 4.78 is 7.91. The van der Waals surface area contributed by atoms with Crippen molar-refractivity contribution in [2.75, 3.05) is 5.32 Å². The van der Waals surface area contributed by atoms with E-state index in [1.165, 1.54) is 11.3 Å². The van der Waals surface area contributed by atoms with Gasteiger partial charge in [0.15, 0.2) is 5.13 Å². The van der Waals surface area contributed by atoms with E-state index in [0.717, 1.165) is 34.1 Å². The molecule has 4 aromatic rings. The second kappa shape index (κ2) is 8.41. The number of anilines is 1. The van der Waals surface area contributed by atoms with Crippen LogP contribution in [0.15, 0.2) is 46.0 Å². The average Bonchev–Trinajstić information content (AvgIpc) is 3.48. The number of nitrogens with one attached hydrogen (secondary N) is 1. The van der Waals surface area contributed by atoms with Gasteiger partial charge in [0.25, 0.3) is 0 Å². The zero-order valence-electron chi connectivity index (χ0n) is 17.1. The molecule has 0 saturated heterocycles. The number of amides is 1. The molecular weight excluding hydrogens is 416 g/mol. The molecule has 0 atom stereocenters. The van der Waals surface area contributed by atoms with Gasteiger partial charge in [-0.1, -0.05) is 12.1 Å². The van der Waals surface area contributed by atoms with Crippen LogP contribution >= 0.6 is 22.7 Å². The fourth-order valence-electron chi connectivity index (χ4n) is 3.34. The van der Waals surface area contributed by atoms with Crippen molar-refractivity contribution in [2.24, 2.45) is 0 Å². The summed E-state index contributed by atoms with van der Waals surface area (Å²) >= 11 is 2.97. The summed E-state index contributed by atoms with van der Waals surface area (Å²) in [6.07, 6.45) is 2.02. The molecule has 0 bridgehead atoms. The van der Waals surface area contributed by atoms with Gasteiger partial charge in [0.05, 0.1) is 22.7 Å². The number of allylic oxidation sites excluding steroid dienone is 1. The lowest BCUT2D eigenvalue weighted by Crippen LogP contribution is -2.15. The number of thiophene rings is 1. The minimum atomic E-state index is -0.165. The molecule has 4 heterocycles. The maximum absolute atomic E-state index is 12.5. The Balaban J connectivity index is 1.46. The first kappa shape index (κ1) is 20.3. The first-order valence-corrected chi connectivity index (χ1v) is 11.3. The van der Waals surface area contributed by atoms with E-state index in [4.69, 9.17) is 4.42 Å². The minimum absolute atomic E-state index is 0.142. The summed E-state index contributed by atoms with van der Waals surface area (Å²) in [5.74, 6) is 1.04. The van der Waals surface area contributed by atoms with Gasteiger partial charge in [-0.3, -0.25) is 4.79 Å². The van der Waals surface area contributed by atoms with Gasteiger partial charge in [0, 0.05) is 28.9 Å². The molecule has 0 saturated carbocycles. The van der Waals surface area contributed by atoms with Crippen molar-refractivity contribution in [1.82, 2.24) is 14.5 Å². The smallest absolute Gasteiger partial charge is 0.236 e. The fraction of sp³-hybridized carbons (Fsp3) is 0.227. The Hall–Kier alpha value is -2.97. The molecule has 0 aliphatic carbocycles. The quantitative estimate of drug-likeness (QED) is 0.380. The van der Waals surface area contributed by atoms with Crippen molar-refractivity contribution < 1.29 is 9.21 Å². The molecule has 0 aliphatic heterocycles. The zero-order valence-corrected chi connectivity index (χ0v) is 18.7. The van der Waals surface area contributed by atoms with E-state index in [9.17, 15) is 4.79 Å². The highest BCUT2D eigenvalue weighted by molar-refractivity contribution is 7.14. The third kappa shape index (κ3) is 4.01. The molecular formula is C22H22N4O2S2. The molecule has 30 heavy (non-hydrogen) atoms. The van der Waals surface area contributed by atoms with Gasteiger partial charge >= 0.3 is 0 Å². The first-order chi connectivity index (χ1) is 14.5. The van der Waals surface area contributed by atoms with Crippen LogP contribution in [0, 0.1) is 20.8 Å². The van der Waals surface area contributed by atoms with Gasteiger partial charge in [0.1, 0.15) is 5.76 Å². The molecule has 0 radical (unpaired) electrons. The van der Waals surface area contributed by atoms with Crippen molar-refractivity contribution in [3.63, 3.8) is 0 Å². The molecule has 8 heteroatoms. The number of carbonyl (C=O) groups excluding carboxylic acids is 1. The van der Waals surface area contributed by atoms with Crippen LogP contribution in [-0.4, -0.2) is 20.4 Å². The molecule has 0 unspecified atom stereocenters. The molecule has 0 fully saturated rings. The molecule has 6 nitrogen and oxygen atoms in total. The number of aromatic nitrogens is 3. The number of rotatable bonds is 7. The van der Waals surface area contributed by atoms with Crippen LogP contribution in [0.25, 0.3) is 22.0 Å². The lowest BCUT2D eigenvalue weighted by Gasteiger charge is -2.05. The van der Waals surface area contributed by atoms with Crippen molar-refractivity contribution in [3.05, 3.63) is 64.5 Å². The summed E-state index contributed by atoms with van der Waals surface area (Å²) in [6, 6.07) is 6.01. The van der Waals surface area contributed by atoms with E-state index in [2.05, 4.69) is 46.3 Å². The van der Waals surface area contributed by atoms with Crippen molar-refractivity contribution in [3.8, 4) is 22.0 Å². The summed E-state index contributed by atoms with van der Waals surface area (Å²) in [5, 5.41) is 7.39. The van der Waals surface area contributed by atoms with E-state index < -0.39 is 0 Å². The van der Waals surface area contributed by atoms with Gasteiger partial charge in [-0.2, -0.15) is 0 Å². The Bertz CT molecular complexity index is 1200. The van der Waals surface area contributed by atoms with E-state index >= 15 is 0 Å². The highest BCUT2D eigenvalue weighted by Crippen LogP contribution is 2.30. The van der Waals surface area contributed by atoms with E-state index in [0.29, 0.717) is 22.5 Å². The van der Waals surface area contributed by atoms with Crippen LogP contribution in [0.3, 0.4) is 0 Å². The van der Waals surface area contributed by atoms with Gasteiger partial charge in [-0.25, -0.2) is 9.97 Å². The zero-order chi connectivity index (χ0) is 21.3. The number of carbonyl (C=O) groups is 1. The second-order valence-corrected chi connectivity index (χ2v) is 8.75. The van der Waals surface area contributed by atoms with E-state index in [1.54, 1.807) is 11.3 Å². The standard InChI is InChI=1S/C22H22N4O2S2/c1-5-8-26-13(2)10-16(14(26)3)18-12-30-22(24-18)25-20(27)11-17-15(4)28-21(23-17)19-7-6-9-29-19/h5-7,9-10,12H,1,8,11H2,2-4H3,(H,24,25,27). The number of hydrogen-bond acceptors (Lipinski definition) is 6.